The molecule has 2 fully saturated rings. The lowest BCUT2D eigenvalue weighted by atomic mass is 10.0. The molecule has 1 saturated carbocycles. The lowest BCUT2D eigenvalue weighted by Gasteiger charge is -2.29. The molecule has 4 atom stereocenters. The van der Waals surface area contributed by atoms with E-state index in [1.807, 2.05) is 12.1 Å². The van der Waals surface area contributed by atoms with Crippen molar-refractivity contribution >= 4 is 17.7 Å². The van der Waals surface area contributed by atoms with Crippen LogP contribution in [-0.4, -0.2) is 52.0 Å². The van der Waals surface area contributed by atoms with E-state index in [4.69, 9.17) is 5.73 Å². The zero-order valence-corrected chi connectivity index (χ0v) is 15.0. The normalized spacial score (nSPS) is 30.6. The van der Waals surface area contributed by atoms with Gasteiger partial charge in [0, 0.05) is 37.2 Å². The Kier molecular flexibility index (Phi) is 4.71. The summed E-state index contributed by atoms with van der Waals surface area (Å²) in [6.45, 7) is 0.874. The fourth-order valence-corrected chi connectivity index (χ4v) is 4.33. The zero-order chi connectivity index (χ0) is 19.1. The molecule has 1 aromatic carbocycles. The number of carbonyl (C=O) groups is 3. The molecule has 0 spiro atoms. The van der Waals surface area contributed by atoms with Crippen molar-refractivity contribution in [2.24, 2.45) is 5.73 Å². The molecule has 1 aliphatic carbocycles. The Morgan fingerprint density at radius 3 is 2.78 bits per heavy atom. The average Bonchev–Trinajstić information content (AvgIpc) is 3.12. The molecule has 1 unspecified atom stereocenters. The third kappa shape index (κ3) is 3.36. The second-order valence-corrected chi connectivity index (χ2v) is 7.63. The van der Waals surface area contributed by atoms with Gasteiger partial charge < -0.3 is 21.1 Å². The molecular weight excluding hydrogens is 348 g/mol. The predicted octanol–water partition coefficient (Wildman–Crippen LogP) is -0.612. The molecule has 2 aliphatic heterocycles. The maximum absolute atomic E-state index is 12.8. The molecule has 4 rings (SSSR count). The summed E-state index contributed by atoms with van der Waals surface area (Å²) in [6, 6.07) is 4.89. The first-order chi connectivity index (χ1) is 12.9. The van der Waals surface area contributed by atoms with Gasteiger partial charge in [0.15, 0.2) is 0 Å². The standard InChI is InChI=1S/C19H24N4O4/c20-11-6-14(16(24)7-11)21-8-10-2-1-3-12-13(10)9-23(19(12)27)15-4-5-17(25)22-18(15)26/h1-3,11,14-16,21,24H,4-9,20H2,(H,22,25,26)/t11-,14-,15?,16-/m0/s1. The Bertz CT molecular complexity index is 796. The van der Waals surface area contributed by atoms with Crippen LogP contribution < -0.4 is 16.4 Å². The van der Waals surface area contributed by atoms with E-state index < -0.39 is 18.1 Å². The van der Waals surface area contributed by atoms with E-state index in [0.29, 0.717) is 31.5 Å². The number of benzene rings is 1. The van der Waals surface area contributed by atoms with E-state index in [2.05, 4.69) is 10.6 Å². The number of amides is 3. The highest BCUT2D eigenvalue weighted by molar-refractivity contribution is 6.05. The van der Waals surface area contributed by atoms with Crippen LogP contribution in [0, 0.1) is 0 Å². The Morgan fingerprint density at radius 2 is 2.07 bits per heavy atom. The fraction of sp³-hybridized carbons (Fsp3) is 0.526. The van der Waals surface area contributed by atoms with Gasteiger partial charge in [-0.1, -0.05) is 12.1 Å². The Balaban J connectivity index is 1.49. The Morgan fingerprint density at radius 1 is 1.26 bits per heavy atom. The van der Waals surface area contributed by atoms with Crippen LogP contribution in [0.5, 0.6) is 0 Å². The minimum atomic E-state index is -0.613. The van der Waals surface area contributed by atoms with Crippen LogP contribution in [0.2, 0.25) is 0 Å². The van der Waals surface area contributed by atoms with Crippen LogP contribution in [0.1, 0.15) is 47.2 Å². The third-order valence-electron chi connectivity index (χ3n) is 5.80. The minimum absolute atomic E-state index is 0.00332. The molecule has 0 aromatic heterocycles. The van der Waals surface area contributed by atoms with Crippen molar-refractivity contribution in [1.82, 2.24) is 15.5 Å². The maximum Gasteiger partial charge on any atom is 0.255 e. The van der Waals surface area contributed by atoms with Gasteiger partial charge in [-0.15, -0.1) is 0 Å². The number of hydrogen-bond donors (Lipinski definition) is 4. The quantitative estimate of drug-likeness (QED) is 0.523. The smallest absolute Gasteiger partial charge is 0.255 e. The topological polar surface area (TPSA) is 125 Å². The number of nitrogens with zero attached hydrogens (tertiary/aromatic N) is 1. The summed E-state index contributed by atoms with van der Waals surface area (Å²) >= 11 is 0. The number of imide groups is 1. The van der Waals surface area contributed by atoms with Crippen LogP contribution in [0.15, 0.2) is 18.2 Å². The first kappa shape index (κ1) is 18.1. The van der Waals surface area contributed by atoms with Crippen molar-refractivity contribution in [3.05, 3.63) is 34.9 Å². The predicted molar refractivity (Wildman–Crippen MR) is 96.3 cm³/mol. The molecule has 2 heterocycles. The van der Waals surface area contributed by atoms with E-state index in [0.717, 1.165) is 17.5 Å². The van der Waals surface area contributed by atoms with Crippen molar-refractivity contribution < 1.29 is 19.5 Å². The molecule has 1 saturated heterocycles. The van der Waals surface area contributed by atoms with Crippen LogP contribution >= 0.6 is 0 Å². The number of fused-ring (bicyclic) bond motifs is 1. The van der Waals surface area contributed by atoms with Gasteiger partial charge in [0.25, 0.3) is 5.91 Å². The number of aliphatic hydroxyl groups excluding tert-OH is 1. The zero-order valence-electron chi connectivity index (χ0n) is 15.0. The SMILES string of the molecule is N[C@H]1C[C@H](NCc2cccc3c2CN(C2CCC(=O)NC2=O)C3=O)[C@@H](O)C1. The molecule has 5 N–H and O–H groups in total. The van der Waals surface area contributed by atoms with Crippen molar-refractivity contribution in [1.29, 1.82) is 0 Å². The molecule has 0 bridgehead atoms. The molecule has 8 heteroatoms. The Hall–Kier alpha value is -2.29. The highest BCUT2D eigenvalue weighted by Crippen LogP contribution is 2.30. The van der Waals surface area contributed by atoms with E-state index >= 15 is 0 Å². The number of nitrogens with two attached hydrogens (primary N) is 1. The van der Waals surface area contributed by atoms with Gasteiger partial charge in [-0.25, -0.2) is 0 Å². The van der Waals surface area contributed by atoms with Gasteiger partial charge in [-0.2, -0.15) is 0 Å². The molecule has 8 nitrogen and oxygen atoms in total. The number of carbonyl (C=O) groups excluding carboxylic acids is 3. The van der Waals surface area contributed by atoms with Crippen LogP contribution in [0.25, 0.3) is 0 Å². The van der Waals surface area contributed by atoms with Crippen molar-refractivity contribution in [3.63, 3.8) is 0 Å². The van der Waals surface area contributed by atoms with Gasteiger partial charge in [0.1, 0.15) is 6.04 Å². The van der Waals surface area contributed by atoms with Crippen LogP contribution in [0.3, 0.4) is 0 Å². The van der Waals surface area contributed by atoms with E-state index in [9.17, 15) is 19.5 Å². The molecule has 3 aliphatic rings. The van der Waals surface area contributed by atoms with Gasteiger partial charge in [0.2, 0.25) is 11.8 Å². The second-order valence-electron chi connectivity index (χ2n) is 7.63. The van der Waals surface area contributed by atoms with Gasteiger partial charge in [-0.05, 0) is 36.5 Å². The van der Waals surface area contributed by atoms with Crippen molar-refractivity contribution in [3.8, 4) is 0 Å². The number of piperidine rings is 1. The number of hydrogen-bond acceptors (Lipinski definition) is 6. The highest BCUT2D eigenvalue weighted by Gasteiger charge is 2.40. The van der Waals surface area contributed by atoms with Crippen LogP contribution in [0.4, 0.5) is 0 Å². The number of rotatable bonds is 4. The van der Waals surface area contributed by atoms with E-state index in [1.165, 1.54) is 0 Å². The van der Waals surface area contributed by atoms with Gasteiger partial charge >= 0.3 is 0 Å². The summed E-state index contributed by atoms with van der Waals surface area (Å²) in [5.74, 6) is -0.877. The summed E-state index contributed by atoms with van der Waals surface area (Å²) in [6.07, 6.45) is 1.44. The molecule has 3 amide bonds. The summed E-state index contributed by atoms with van der Waals surface area (Å²) in [7, 11) is 0. The average molecular weight is 372 g/mol. The molecule has 27 heavy (non-hydrogen) atoms. The first-order valence-corrected chi connectivity index (χ1v) is 9.36. The summed E-state index contributed by atoms with van der Waals surface area (Å²) < 4.78 is 0. The van der Waals surface area contributed by atoms with Crippen molar-refractivity contribution in [2.75, 3.05) is 0 Å². The summed E-state index contributed by atoms with van der Waals surface area (Å²) in [5, 5.41) is 15.7. The lowest BCUT2D eigenvalue weighted by molar-refractivity contribution is -0.136. The van der Waals surface area contributed by atoms with Gasteiger partial charge in [0.05, 0.1) is 6.10 Å². The summed E-state index contributed by atoms with van der Waals surface area (Å²) in [4.78, 5) is 37.9. The second kappa shape index (κ2) is 7.03. The highest BCUT2D eigenvalue weighted by atomic mass is 16.3. The molecule has 144 valence electrons. The summed E-state index contributed by atoms with van der Waals surface area (Å²) in [5.41, 5.74) is 8.38. The monoisotopic (exact) mass is 372 g/mol. The fourth-order valence-electron chi connectivity index (χ4n) is 4.33. The van der Waals surface area contributed by atoms with Gasteiger partial charge in [-0.3, -0.25) is 19.7 Å². The number of aliphatic hydroxyl groups is 1. The third-order valence-corrected chi connectivity index (χ3v) is 5.80. The minimum Gasteiger partial charge on any atom is -0.391 e. The molecule has 1 aromatic rings. The largest absolute Gasteiger partial charge is 0.391 e. The maximum atomic E-state index is 12.8. The lowest BCUT2D eigenvalue weighted by Crippen LogP contribution is -2.52. The molecular formula is C19H24N4O4. The first-order valence-electron chi connectivity index (χ1n) is 9.36. The Labute approximate surface area is 157 Å². The van der Waals surface area contributed by atoms with Crippen molar-refractivity contribution in [2.45, 2.75) is 63.0 Å². The van der Waals surface area contributed by atoms with E-state index in [-0.39, 0.29) is 30.3 Å². The number of nitrogens with one attached hydrogen (secondary N) is 2. The van der Waals surface area contributed by atoms with Crippen LogP contribution in [-0.2, 0) is 22.7 Å². The molecule has 0 radical (unpaired) electrons. The van der Waals surface area contributed by atoms with E-state index in [1.54, 1.807) is 11.0 Å².